The van der Waals surface area contributed by atoms with Gasteiger partial charge in [0.25, 0.3) is 5.91 Å². The summed E-state index contributed by atoms with van der Waals surface area (Å²) in [6, 6.07) is 10.6. The summed E-state index contributed by atoms with van der Waals surface area (Å²) in [4.78, 5) is 24.2. The van der Waals surface area contributed by atoms with E-state index in [1.165, 1.54) is 44.4 Å². The van der Waals surface area contributed by atoms with Crippen molar-refractivity contribution < 1.29 is 27.2 Å². The molecule has 0 aliphatic rings. The lowest BCUT2D eigenvalue weighted by atomic mass is 10.3. The summed E-state index contributed by atoms with van der Waals surface area (Å²) in [5.74, 6) is -0.940. The zero-order chi connectivity index (χ0) is 21.7. The second kappa shape index (κ2) is 8.93. The van der Waals surface area contributed by atoms with Gasteiger partial charge in [-0.25, -0.2) is 17.5 Å². The molecule has 1 amide bonds. The number of hydrogen-bond acceptors (Lipinski definition) is 7. The van der Waals surface area contributed by atoms with E-state index in [1.54, 1.807) is 29.2 Å². The Labute approximate surface area is 173 Å². The number of anilines is 1. The lowest BCUT2D eigenvalue weighted by Crippen LogP contribution is -2.23. The third-order valence-electron chi connectivity index (χ3n) is 3.97. The van der Waals surface area contributed by atoms with Crippen LogP contribution in [0, 0.1) is 0 Å². The fraction of sp³-hybridized carbons (Fsp3) is 0.211. The van der Waals surface area contributed by atoms with Crippen LogP contribution in [0.2, 0.25) is 0 Å². The molecule has 0 aliphatic heterocycles. The minimum Gasteiger partial charge on any atom is -0.452 e. The molecule has 0 aliphatic carbocycles. The molecule has 158 valence electrons. The first kappa shape index (κ1) is 21.3. The van der Waals surface area contributed by atoms with E-state index in [0.717, 1.165) is 4.31 Å². The molecule has 0 bridgehead atoms. The van der Waals surface area contributed by atoms with Crippen molar-refractivity contribution in [2.24, 2.45) is 0 Å². The normalized spacial score (nSPS) is 11.4. The fourth-order valence-electron chi connectivity index (χ4n) is 2.47. The largest absolute Gasteiger partial charge is 0.452 e. The molecule has 2 aromatic heterocycles. The highest BCUT2D eigenvalue weighted by Gasteiger charge is 2.18. The third-order valence-corrected chi connectivity index (χ3v) is 5.78. The predicted molar refractivity (Wildman–Crippen MR) is 106 cm³/mol. The molecular weight excluding hydrogens is 412 g/mol. The molecule has 30 heavy (non-hydrogen) atoms. The van der Waals surface area contributed by atoms with Crippen LogP contribution in [0.4, 0.5) is 5.69 Å². The van der Waals surface area contributed by atoms with Gasteiger partial charge in [0, 0.05) is 32.2 Å². The first-order valence-corrected chi connectivity index (χ1v) is 10.3. The number of hydrogen-bond donors (Lipinski definition) is 1. The number of aromatic nitrogens is 2. The summed E-state index contributed by atoms with van der Waals surface area (Å²) in [6.45, 7) is -0.203. The molecule has 2 heterocycles. The summed E-state index contributed by atoms with van der Waals surface area (Å²) >= 11 is 0. The standard InChI is InChI=1S/C19H20N4O6S/c1-22(2)30(26,27)16-6-3-5-14(11-16)21-18(24)13-28-19(25)17-8-7-15(29-17)12-23-10-4-9-20-23/h3-11H,12-13H2,1-2H3,(H,21,24). The summed E-state index contributed by atoms with van der Waals surface area (Å²) in [6.07, 6.45) is 3.38. The van der Waals surface area contributed by atoms with Gasteiger partial charge >= 0.3 is 5.97 Å². The van der Waals surface area contributed by atoms with E-state index in [4.69, 9.17) is 9.15 Å². The molecule has 0 radical (unpaired) electrons. The zero-order valence-electron chi connectivity index (χ0n) is 16.3. The number of furan rings is 1. The van der Waals surface area contributed by atoms with Gasteiger partial charge in [0.2, 0.25) is 15.8 Å². The summed E-state index contributed by atoms with van der Waals surface area (Å²) in [5, 5.41) is 6.54. The van der Waals surface area contributed by atoms with Crippen molar-refractivity contribution in [3.05, 3.63) is 66.4 Å². The Morgan fingerprint density at radius 3 is 2.70 bits per heavy atom. The van der Waals surface area contributed by atoms with Crippen LogP contribution in [-0.4, -0.2) is 55.1 Å². The minimum atomic E-state index is -3.64. The van der Waals surface area contributed by atoms with Gasteiger partial charge in [0.05, 0.1) is 11.4 Å². The number of ether oxygens (including phenoxy) is 1. The molecule has 1 N–H and O–H groups in total. The first-order valence-electron chi connectivity index (χ1n) is 8.81. The van der Waals surface area contributed by atoms with Crippen molar-refractivity contribution in [3.63, 3.8) is 0 Å². The van der Waals surface area contributed by atoms with Crippen molar-refractivity contribution in [3.8, 4) is 0 Å². The fourth-order valence-corrected chi connectivity index (χ4v) is 3.42. The van der Waals surface area contributed by atoms with Crippen molar-refractivity contribution in [1.82, 2.24) is 14.1 Å². The molecule has 3 aromatic rings. The summed E-state index contributed by atoms with van der Waals surface area (Å²) in [5.41, 5.74) is 0.262. The van der Waals surface area contributed by atoms with Gasteiger partial charge in [-0.2, -0.15) is 5.10 Å². The lowest BCUT2D eigenvalue weighted by Gasteiger charge is -2.12. The van der Waals surface area contributed by atoms with Gasteiger partial charge in [0.15, 0.2) is 6.61 Å². The number of sulfonamides is 1. The van der Waals surface area contributed by atoms with E-state index >= 15 is 0 Å². The molecule has 0 unspecified atom stereocenters. The van der Waals surface area contributed by atoms with E-state index in [-0.39, 0.29) is 16.3 Å². The molecule has 11 heteroatoms. The van der Waals surface area contributed by atoms with E-state index in [9.17, 15) is 18.0 Å². The van der Waals surface area contributed by atoms with Crippen LogP contribution in [0.5, 0.6) is 0 Å². The Kier molecular flexibility index (Phi) is 6.33. The maximum absolute atomic E-state index is 12.2. The number of carbonyl (C=O) groups excluding carboxylic acids is 2. The van der Waals surface area contributed by atoms with E-state index in [2.05, 4.69) is 10.4 Å². The Hall–Kier alpha value is -3.44. The SMILES string of the molecule is CN(C)S(=O)(=O)c1cccc(NC(=O)COC(=O)c2ccc(Cn3cccn3)o2)c1. The lowest BCUT2D eigenvalue weighted by molar-refractivity contribution is -0.119. The Bertz CT molecular complexity index is 1140. The molecule has 3 rings (SSSR count). The van der Waals surface area contributed by atoms with Crippen LogP contribution in [0.3, 0.4) is 0 Å². The molecule has 0 spiro atoms. The van der Waals surface area contributed by atoms with Crippen LogP contribution < -0.4 is 5.32 Å². The Morgan fingerprint density at radius 2 is 2.00 bits per heavy atom. The number of amides is 1. The van der Waals surface area contributed by atoms with Crippen LogP contribution in [0.25, 0.3) is 0 Å². The molecule has 0 fully saturated rings. The average Bonchev–Trinajstić information content (AvgIpc) is 3.39. The molecule has 1 aromatic carbocycles. The average molecular weight is 432 g/mol. The van der Waals surface area contributed by atoms with E-state index < -0.39 is 28.5 Å². The molecule has 0 saturated carbocycles. The first-order chi connectivity index (χ1) is 14.3. The Morgan fingerprint density at radius 1 is 1.20 bits per heavy atom. The number of esters is 1. The molecule has 10 nitrogen and oxygen atoms in total. The molecule has 0 saturated heterocycles. The second-order valence-corrected chi connectivity index (χ2v) is 8.56. The van der Waals surface area contributed by atoms with E-state index in [1.807, 2.05) is 0 Å². The highest BCUT2D eigenvalue weighted by Crippen LogP contribution is 2.18. The number of carbonyl (C=O) groups is 2. The number of nitrogens with zero attached hydrogens (tertiary/aromatic N) is 3. The molecular formula is C19H20N4O6S. The van der Waals surface area contributed by atoms with Crippen LogP contribution in [0.15, 0.2) is 64.2 Å². The third kappa shape index (κ3) is 5.13. The highest BCUT2D eigenvalue weighted by molar-refractivity contribution is 7.89. The van der Waals surface area contributed by atoms with Gasteiger partial charge in [0.1, 0.15) is 5.76 Å². The van der Waals surface area contributed by atoms with Gasteiger partial charge in [-0.05, 0) is 36.4 Å². The van der Waals surface area contributed by atoms with Crippen molar-refractivity contribution in [2.45, 2.75) is 11.4 Å². The molecule has 0 atom stereocenters. The summed E-state index contributed by atoms with van der Waals surface area (Å²) < 4.78 is 37.4. The van der Waals surface area contributed by atoms with Gasteiger partial charge < -0.3 is 14.5 Å². The maximum atomic E-state index is 12.2. The van der Waals surface area contributed by atoms with Crippen molar-refractivity contribution >= 4 is 27.6 Å². The predicted octanol–water partition coefficient (Wildman–Crippen LogP) is 1.57. The quantitative estimate of drug-likeness (QED) is 0.536. The van der Waals surface area contributed by atoms with Crippen molar-refractivity contribution in [2.75, 3.05) is 26.0 Å². The van der Waals surface area contributed by atoms with Gasteiger partial charge in [-0.15, -0.1) is 0 Å². The number of benzene rings is 1. The smallest absolute Gasteiger partial charge is 0.374 e. The minimum absolute atomic E-state index is 0.0302. The van der Waals surface area contributed by atoms with Gasteiger partial charge in [-0.1, -0.05) is 6.07 Å². The monoisotopic (exact) mass is 432 g/mol. The Balaban J connectivity index is 1.55. The summed E-state index contributed by atoms with van der Waals surface area (Å²) in [7, 11) is -0.812. The number of rotatable bonds is 8. The van der Waals surface area contributed by atoms with E-state index in [0.29, 0.717) is 12.3 Å². The van der Waals surface area contributed by atoms with Crippen molar-refractivity contribution in [1.29, 1.82) is 0 Å². The van der Waals surface area contributed by atoms with Crippen LogP contribution in [-0.2, 0) is 26.1 Å². The second-order valence-electron chi connectivity index (χ2n) is 6.41. The van der Waals surface area contributed by atoms with Gasteiger partial charge in [-0.3, -0.25) is 9.48 Å². The zero-order valence-corrected chi connectivity index (χ0v) is 17.1. The maximum Gasteiger partial charge on any atom is 0.374 e. The van der Waals surface area contributed by atoms with Crippen LogP contribution in [0.1, 0.15) is 16.3 Å². The topological polar surface area (TPSA) is 124 Å². The highest BCUT2D eigenvalue weighted by atomic mass is 32.2. The van der Waals surface area contributed by atoms with Crippen LogP contribution >= 0.6 is 0 Å². The number of nitrogens with one attached hydrogen (secondary N) is 1.